The van der Waals surface area contributed by atoms with Gasteiger partial charge in [0.1, 0.15) is 0 Å². The van der Waals surface area contributed by atoms with Crippen LogP contribution in [-0.4, -0.2) is 15.9 Å². The zero-order chi connectivity index (χ0) is 24.3. The molecule has 0 bridgehead atoms. The molecule has 0 saturated carbocycles. The smallest absolute Gasteiger partial charge is 0.244 e. The van der Waals surface area contributed by atoms with Crippen LogP contribution in [0.3, 0.4) is 0 Å². The van der Waals surface area contributed by atoms with Crippen LogP contribution in [0.1, 0.15) is 17.5 Å². The number of hydrogen-bond acceptors (Lipinski definition) is 6. The molecule has 35 heavy (non-hydrogen) atoms. The lowest BCUT2D eigenvalue weighted by molar-refractivity contribution is -0.114. The summed E-state index contributed by atoms with van der Waals surface area (Å²) < 4.78 is 0. The summed E-state index contributed by atoms with van der Waals surface area (Å²) in [6, 6.07) is 21.3. The van der Waals surface area contributed by atoms with Crippen molar-refractivity contribution in [1.29, 1.82) is 5.26 Å². The highest BCUT2D eigenvalue weighted by molar-refractivity contribution is 5.94. The van der Waals surface area contributed by atoms with Gasteiger partial charge in [-0.15, -0.1) is 0 Å². The number of nitriles is 1. The van der Waals surface area contributed by atoms with E-state index in [-0.39, 0.29) is 0 Å². The number of pyridine rings is 2. The van der Waals surface area contributed by atoms with Crippen molar-refractivity contribution in [2.24, 2.45) is 5.73 Å². The van der Waals surface area contributed by atoms with E-state index in [1.807, 2.05) is 66.7 Å². The molecule has 0 aliphatic heterocycles. The summed E-state index contributed by atoms with van der Waals surface area (Å²) in [6.45, 7) is 0. The summed E-state index contributed by atoms with van der Waals surface area (Å²) in [4.78, 5) is 20.7. The standard InChI is InChI=1S/C28H22N6O/c29-18-19-6-7-25-24(15-19)26(10-14-32-25)34-28(11-2-3-20(17-28)27(30)35)21-4-1-5-23(16-21)33-22-8-12-31-13-9-22/h1-16H,17H2,(H2,30,35)(H,31,33)(H,32,34). The lowest BCUT2D eigenvalue weighted by Gasteiger charge is -2.36. The van der Waals surface area contributed by atoms with E-state index >= 15 is 0 Å². The number of allylic oxidation sites excluding steroid dienone is 2. The van der Waals surface area contributed by atoms with Crippen LogP contribution < -0.4 is 16.4 Å². The largest absolute Gasteiger partial charge is 0.371 e. The predicted octanol–water partition coefficient (Wildman–Crippen LogP) is 4.92. The van der Waals surface area contributed by atoms with Crippen LogP contribution in [-0.2, 0) is 10.3 Å². The number of nitrogens with two attached hydrogens (primary N) is 1. The molecule has 0 saturated heterocycles. The van der Waals surface area contributed by atoms with Gasteiger partial charge in [0.25, 0.3) is 0 Å². The fraction of sp³-hybridized carbons (Fsp3) is 0.0714. The Morgan fingerprint density at radius 1 is 1.03 bits per heavy atom. The summed E-state index contributed by atoms with van der Waals surface area (Å²) in [5.74, 6) is -0.460. The van der Waals surface area contributed by atoms with E-state index in [0.29, 0.717) is 17.6 Å². The lowest BCUT2D eigenvalue weighted by Crippen LogP contribution is -2.37. The molecule has 170 valence electrons. The Bertz CT molecular complexity index is 1520. The third kappa shape index (κ3) is 4.45. The van der Waals surface area contributed by atoms with Gasteiger partial charge in [-0.05, 0) is 54.1 Å². The topological polar surface area (TPSA) is 117 Å². The Morgan fingerprint density at radius 3 is 2.69 bits per heavy atom. The van der Waals surface area contributed by atoms with Crippen molar-refractivity contribution >= 4 is 33.9 Å². The third-order valence-corrected chi connectivity index (χ3v) is 6.04. The maximum absolute atomic E-state index is 12.2. The van der Waals surface area contributed by atoms with Gasteiger partial charge in [-0.1, -0.05) is 30.4 Å². The van der Waals surface area contributed by atoms with E-state index in [1.165, 1.54) is 0 Å². The highest BCUT2D eigenvalue weighted by atomic mass is 16.1. The van der Waals surface area contributed by atoms with Gasteiger partial charge >= 0.3 is 0 Å². The number of primary amides is 1. The van der Waals surface area contributed by atoms with Crippen LogP contribution in [0.4, 0.5) is 17.1 Å². The van der Waals surface area contributed by atoms with E-state index in [9.17, 15) is 10.1 Å². The number of nitrogens with zero attached hydrogens (tertiary/aromatic N) is 3. The van der Waals surface area contributed by atoms with Crippen LogP contribution in [0.15, 0.2) is 103 Å². The highest BCUT2D eigenvalue weighted by Gasteiger charge is 2.34. The summed E-state index contributed by atoms with van der Waals surface area (Å²) in [7, 11) is 0. The molecule has 2 aromatic carbocycles. The van der Waals surface area contributed by atoms with Crippen LogP contribution in [0.25, 0.3) is 10.9 Å². The molecule has 2 aromatic heterocycles. The maximum atomic E-state index is 12.2. The van der Waals surface area contributed by atoms with E-state index in [0.717, 1.165) is 33.5 Å². The molecule has 1 unspecified atom stereocenters. The number of amides is 1. The summed E-state index contributed by atoms with van der Waals surface area (Å²) >= 11 is 0. The van der Waals surface area contributed by atoms with Crippen molar-refractivity contribution in [2.45, 2.75) is 12.0 Å². The second kappa shape index (κ2) is 9.12. The minimum absolute atomic E-state index is 0.360. The molecule has 1 amide bonds. The number of hydrogen-bond donors (Lipinski definition) is 3. The molecule has 0 radical (unpaired) electrons. The van der Waals surface area contributed by atoms with Crippen LogP contribution in [0.5, 0.6) is 0 Å². The summed E-state index contributed by atoms with van der Waals surface area (Å²) in [5.41, 5.74) is 10.3. The number of aromatic nitrogens is 2. The number of anilines is 3. The molecule has 4 aromatic rings. The molecule has 7 nitrogen and oxygen atoms in total. The molecule has 1 aliphatic rings. The highest BCUT2D eigenvalue weighted by Crippen LogP contribution is 2.39. The van der Waals surface area contributed by atoms with Crippen molar-refractivity contribution in [1.82, 2.24) is 9.97 Å². The first-order valence-corrected chi connectivity index (χ1v) is 11.1. The van der Waals surface area contributed by atoms with E-state index in [4.69, 9.17) is 5.73 Å². The second-order valence-electron chi connectivity index (χ2n) is 8.33. The van der Waals surface area contributed by atoms with E-state index in [1.54, 1.807) is 30.7 Å². The number of carbonyl (C=O) groups excluding carboxylic acids is 1. The average Bonchev–Trinajstić information content (AvgIpc) is 2.89. The first-order valence-electron chi connectivity index (χ1n) is 11.1. The van der Waals surface area contributed by atoms with Gasteiger partial charge < -0.3 is 16.4 Å². The molecule has 7 heteroatoms. The molecule has 0 spiro atoms. The van der Waals surface area contributed by atoms with Crippen molar-refractivity contribution in [3.8, 4) is 6.07 Å². The van der Waals surface area contributed by atoms with Gasteiger partial charge in [-0.3, -0.25) is 14.8 Å². The average molecular weight is 459 g/mol. The van der Waals surface area contributed by atoms with E-state index < -0.39 is 11.4 Å². The molecule has 5 rings (SSSR count). The number of benzene rings is 2. The van der Waals surface area contributed by atoms with Gasteiger partial charge in [0, 0.05) is 53.0 Å². The summed E-state index contributed by atoms with van der Waals surface area (Å²) in [5, 5.41) is 17.3. The van der Waals surface area contributed by atoms with Gasteiger partial charge in [0.15, 0.2) is 0 Å². The molecule has 0 fully saturated rings. The van der Waals surface area contributed by atoms with Crippen LogP contribution >= 0.6 is 0 Å². The fourth-order valence-corrected chi connectivity index (χ4v) is 4.31. The van der Waals surface area contributed by atoms with Crippen LogP contribution in [0.2, 0.25) is 0 Å². The van der Waals surface area contributed by atoms with Gasteiger partial charge in [0.05, 0.1) is 22.7 Å². The number of carbonyl (C=O) groups is 1. The van der Waals surface area contributed by atoms with Gasteiger partial charge in [0.2, 0.25) is 5.91 Å². The third-order valence-electron chi connectivity index (χ3n) is 6.04. The molecular formula is C28H22N6O. The normalized spacial score (nSPS) is 16.8. The summed E-state index contributed by atoms with van der Waals surface area (Å²) in [6.07, 6.45) is 11.2. The Kier molecular flexibility index (Phi) is 5.70. The molecular weight excluding hydrogens is 436 g/mol. The quantitative estimate of drug-likeness (QED) is 0.377. The Hall–Kier alpha value is -4.96. The zero-order valence-electron chi connectivity index (χ0n) is 18.8. The van der Waals surface area contributed by atoms with Gasteiger partial charge in [-0.2, -0.15) is 5.26 Å². The number of rotatable bonds is 6. The molecule has 1 aliphatic carbocycles. The Balaban J connectivity index is 1.60. The maximum Gasteiger partial charge on any atom is 0.244 e. The number of fused-ring (bicyclic) bond motifs is 1. The predicted molar refractivity (Wildman–Crippen MR) is 137 cm³/mol. The second-order valence-corrected chi connectivity index (χ2v) is 8.33. The van der Waals surface area contributed by atoms with Crippen molar-refractivity contribution in [3.63, 3.8) is 0 Å². The van der Waals surface area contributed by atoms with Crippen molar-refractivity contribution in [3.05, 3.63) is 114 Å². The zero-order valence-corrected chi connectivity index (χ0v) is 18.8. The number of nitrogens with one attached hydrogen (secondary N) is 2. The molecule has 1 atom stereocenters. The minimum atomic E-state index is -0.758. The lowest BCUT2D eigenvalue weighted by atomic mass is 9.79. The SMILES string of the molecule is N#Cc1ccc2nccc(NC3(c4cccc(Nc5ccncc5)c4)C=CC=C(C(N)=O)C3)c2c1. The van der Waals surface area contributed by atoms with Crippen LogP contribution in [0, 0.1) is 11.3 Å². The Morgan fingerprint density at radius 2 is 1.89 bits per heavy atom. The first-order chi connectivity index (χ1) is 17.1. The Labute approximate surface area is 202 Å². The first kappa shape index (κ1) is 21.9. The molecule has 2 heterocycles. The minimum Gasteiger partial charge on any atom is -0.371 e. The monoisotopic (exact) mass is 458 g/mol. The van der Waals surface area contributed by atoms with Crippen molar-refractivity contribution < 1.29 is 4.79 Å². The van der Waals surface area contributed by atoms with E-state index in [2.05, 4.69) is 26.7 Å². The van der Waals surface area contributed by atoms with Gasteiger partial charge in [-0.25, -0.2) is 0 Å². The fourth-order valence-electron chi connectivity index (χ4n) is 4.31. The van der Waals surface area contributed by atoms with Crippen molar-refractivity contribution in [2.75, 3.05) is 10.6 Å². The molecule has 4 N–H and O–H groups in total.